The van der Waals surface area contributed by atoms with Gasteiger partial charge in [-0.3, -0.25) is 4.79 Å². The van der Waals surface area contributed by atoms with Crippen LogP contribution >= 0.6 is 22.6 Å². The number of halogens is 1. The molecule has 0 aliphatic heterocycles. The average molecular weight is 365 g/mol. The van der Waals surface area contributed by atoms with Gasteiger partial charge in [0.1, 0.15) is 0 Å². The third kappa shape index (κ3) is 3.35. The molecule has 0 saturated carbocycles. The molecule has 2 rings (SSSR count). The lowest BCUT2D eigenvalue weighted by Crippen LogP contribution is -2.13. The summed E-state index contributed by atoms with van der Waals surface area (Å²) in [5.41, 5.74) is 3.90. The Kier molecular flexibility index (Phi) is 4.58. The molecule has 1 amide bonds. The van der Waals surface area contributed by atoms with Crippen LogP contribution in [0.25, 0.3) is 0 Å². The first-order valence-electron chi connectivity index (χ1n) is 6.27. The molecule has 0 bridgehead atoms. The van der Waals surface area contributed by atoms with Crippen molar-refractivity contribution in [2.45, 2.75) is 20.3 Å². The predicted molar refractivity (Wildman–Crippen MR) is 87.7 cm³/mol. The molecular formula is C16H16INO. The van der Waals surface area contributed by atoms with Gasteiger partial charge in [0.2, 0.25) is 0 Å². The lowest BCUT2D eigenvalue weighted by atomic mass is 10.1. The minimum absolute atomic E-state index is 0.0623. The maximum atomic E-state index is 12.2. The van der Waals surface area contributed by atoms with Crippen LogP contribution in [0.4, 0.5) is 5.69 Å². The van der Waals surface area contributed by atoms with E-state index in [1.165, 1.54) is 5.56 Å². The van der Waals surface area contributed by atoms with Gasteiger partial charge in [-0.05, 0) is 71.3 Å². The van der Waals surface area contributed by atoms with Gasteiger partial charge in [0.25, 0.3) is 5.91 Å². The molecule has 2 nitrogen and oxygen atoms in total. The van der Waals surface area contributed by atoms with Gasteiger partial charge in [-0.2, -0.15) is 0 Å². The standard InChI is InChI=1S/C16H16INO/c1-3-12-7-9-13(10-8-12)16(19)18-15-6-4-5-14(17)11(15)2/h4-10H,3H2,1-2H3,(H,18,19). The Balaban J connectivity index is 2.18. The summed E-state index contributed by atoms with van der Waals surface area (Å²) in [6, 6.07) is 13.6. The molecule has 0 aliphatic rings. The number of aryl methyl sites for hydroxylation is 1. The number of amides is 1. The molecule has 2 aromatic carbocycles. The van der Waals surface area contributed by atoms with E-state index in [0.29, 0.717) is 5.56 Å². The molecule has 0 saturated heterocycles. The highest BCUT2D eigenvalue weighted by Crippen LogP contribution is 2.21. The second kappa shape index (κ2) is 6.19. The van der Waals surface area contributed by atoms with E-state index >= 15 is 0 Å². The van der Waals surface area contributed by atoms with Gasteiger partial charge in [-0.15, -0.1) is 0 Å². The van der Waals surface area contributed by atoms with Crippen molar-refractivity contribution in [1.82, 2.24) is 0 Å². The van der Waals surface area contributed by atoms with Gasteiger partial charge in [0, 0.05) is 14.8 Å². The highest BCUT2D eigenvalue weighted by molar-refractivity contribution is 14.1. The summed E-state index contributed by atoms with van der Waals surface area (Å²) >= 11 is 2.27. The molecule has 0 spiro atoms. The van der Waals surface area contributed by atoms with Crippen LogP contribution in [0.3, 0.4) is 0 Å². The smallest absolute Gasteiger partial charge is 0.255 e. The lowest BCUT2D eigenvalue weighted by Gasteiger charge is -2.10. The molecule has 3 heteroatoms. The van der Waals surface area contributed by atoms with Crippen molar-refractivity contribution in [3.05, 3.63) is 62.7 Å². The SMILES string of the molecule is CCc1ccc(C(=O)Nc2cccc(I)c2C)cc1. The number of carbonyl (C=O) groups is 1. The van der Waals surface area contributed by atoms with Crippen LogP contribution in [0.5, 0.6) is 0 Å². The van der Waals surface area contributed by atoms with E-state index in [0.717, 1.165) is 21.2 Å². The van der Waals surface area contributed by atoms with E-state index in [2.05, 4.69) is 34.8 Å². The van der Waals surface area contributed by atoms with Gasteiger partial charge < -0.3 is 5.32 Å². The molecule has 0 unspecified atom stereocenters. The Morgan fingerprint density at radius 2 is 1.84 bits per heavy atom. The van der Waals surface area contributed by atoms with Crippen LogP contribution < -0.4 is 5.32 Å². The zero-order valence-electron chi connectivity index (χ0n) is 11.0. The van der Waals surface area contributed by atoms with Crippen LogP contribution in [0.2, 0.25) is 0 Å². The first-order chi connectivity index (χ1) is 9.11. The normalized spacial score (nSPS) is 10.3. The largest absolute Gasteiger partial charge is 0.322 e. The Morgan fingerprint density at radius 1 is 1.16 bits per heavy atom. The summed E-state index contributed by atoms with van der Waals surface area (Å²) in [5, 5.41) is 2.96. The Morgan fingerprint density at radius 3 is 2.47 bits per heavy atom. The zero-order valence-corrected chi connectivity index (χ0v) is 13.2. The monoisotopic (exact) mass is 365 g/mol. The molecule has 98 valence electrons. The highest BCUT2D eigenvalue weighted by atomic mass is 127. The molecule has 2 aromatic rings. The molecule has 1 N–H and O–H groups in total. The van der Waals surface area contributed by atoms with Gasteiger partial charge >= 0.3 is 0 Å². The van der Waals surface area contributed by atoms with E-state index in [1.807, 2.05) is 49.4 Å². The minimum Gasteiger partial charge on any atom is -0.322 e. The topological polar surface area (TPSA) is 29.1 Å². The number of anilines is 1. The summed E-state index contributed by atoms with van der Waals surface area (Å²) in [5.74, 6) is -0.0623. The lowest BCUT2D eigenvalue weighted by molar-refractivity contribution is 0.102. The van der Waals surface area contributed by atoms with Gasteiger partial charge in [0.05, 0.1) is 0 Å². The number of nitrogens with one attached hydrogen (secondary N) is 1. The van der Waals surface area contributed by atoms with Crippen LogP contribution in [-0.2, 0) is 6.42 Å². The highest BCUT2D eigenvalue weighted by Gasteiger charge is 2.08. The van der Waals surface area contributed by atoms with Gasteiger partial charge in [0.15, 0.2) is 0 Å². The number of hydrogen-bond donors (Lipinski definition) is 1. The zero-order chi connectivity index (χ0) is 13.8. The average Bonchev–Trinajstić information content (AvgIpc) is 2.44. The van der Waals surface area contributed by atoms with E-state index in [4.69, 9.17) is 0 Å². The molecule has 0 atom stereocenters. The Hall–Kier alpha value is -1.36. The first kappa shape index (κ1) is 14.1. The number of carbonyl (C=O) groups excluding carboxylic acids is 1. The van der Waals surface area contributed by atoms with Crippen molar-refractivity contribution >= 4 is 34.2 Å². The van der Waals surface area contributed by atoms with Gasteiger partial charge in [-0.25, -0.2) is 0 Å². The van der Waals surface area contributed by atoms with Crippen molar-refractivity contribution in [2.24, 2.45) is 0 Å². The Labute approximate surface area is 127 Å². The van der Waals surface area contributed by atoms with Crippen molar-refractivity contribution < 1.29 is 4.79 Å². The fourth-order valence-electron chi connectivity index (χ4n) is 1.83. The van der Waals surface area contributed by atoms with E-state index in [1.54, 1.807) is 0 Å². The fourth-order valence-corrected chi connectivity index (χ4v) is 2.33. The Bertz CT molecular complexity index is 590. The second-order valence-electron chi connectivity index (χ2n) is 4.42. The van der Waals surface area contributed by atoms with Gasteiger partial charge in [-0.1, -0.05) is 25.1 Å². The molecule has 0 radical (unpaired) electrons. The summed E-state index contributed by atoms with van der Waals surface area (Å²) in [6.07, 6.45) is 0.984. The van der Waals surface area contributed by atoms with Crippen molar-refractivity contribution in [3.8, 4) is 0 Å². The third-order valence-corrected chi connectivity index (χ3v) is 4.31. The summed E-state index contributed by atoms with van der Waals surface area (Å²) in [6.45, 7) is 4.11. The van der Waals surface area contributed by atoms with E-state index < -0.39 is 0 Å². The molecule has 19 heavy (non-hydrogen) atoms. The summed E-state index contributed by atoms with van der Waals surface area (Å²) in [7, 11) is 0. The molecule has 0 fully saturated rings. The van der Waals surface area contributed by atoms with Crippen LogP contribution in [-0.4, -0.2) is 5.91 Å². The first-order valence-corrected chi connectivity index (χ1v) is 7.35. The number of rotatable bonds is 3. The number of benzene rings is 2. The van der Waals surface area contributed by atoms with E-state index in [9.17, 15) is 4.79 Å². The maximum absolute atomic E-state index is 12.2. The quantitative estimate of drug-likeness (QED) is 0.802. The molecule has 0 heterocycles. The van der Waals surface area contributed by atoms with Crippen molar-refractivity contribution in [2.75, 3.05) is 5.32 Å². The summed E-state index contributed by atoms with van der Waals surface area (Å²) < 4.78 is 1.15. The third-order valence-electron chi connectivity index (χ3n) is 3.14. The van der Waals surface area contributed by atoms with Crippen molar-refractivity contribution in [1.29, 1.82) is 0 Å². The van der Waals surface area contributed by atoms with Crippen LogP contribution in [0, 0.1) is 10.5 Å². The van der Waals surface area contributed by atoms with Crippen LogP contribution in [0.15, 0.2) is 42.5 Å². The molecule has 0 aliphatic carbocycles. The maximum Gasteiger partial charge on any atom is 0.255 e. The van der Waals surface area contributed by atoms with Crippen LogP contribution in [0.1, 0.15) is 28.4 Å². The second-order valence-corrected chi connectivity index (χ2v) is 5.58. The molecular weight excluding hydrogens is 349 g/mol. The minimum atomic E-state index is -0.0623. The summed E-state index contributed by atoms with van der Waals surface area (Å²) in [4.78, 5) is 12.2. The predicted octanol–water partition coefficient (Wildman–Crippen LogP) is 4.41. The fraction of sp³-hybridized carbons (Fsp3) is 0.188. The van der Waals surface area contributed by atoms with Crippen molar-refractivity contribution in [3.63, 3.8) is 0 Å². The number of hydrogen-bond acceptors (Lipinski definition) is 1. The molecule has 0 aromatic heterocycles. The van der Waals surface area contributed by atoms with E-state index in [-0.39, 0.29) is 5.91 Å².